The van der Waals surface area contributed by atoms with Crippen LogP contribution in [0.5, 0.6) is 0 Å². The first-order valence-electron chi connectivity index (χ1n) is 7.97. The van der Waals surface area contributed by atoms with Crippen molar-refractivity contribution >= 4 is 6.09 Å². The van der Waals surface area contributed by atoms with Crippen molar-refractivity contribution in [1.82, 2.24) is 10.2 Å². The summed E-state index contributed by atoms with van der Waals surface area (Å²) >= 11 is 0. The van der Waals surface area contributed by atoms with Crippen LogP contribution in [-0.2, 0) is 4.74 Å². The molecule has 0 bridgehead atoms. The van der Waals surface area contributed by atoms with E-state index in [1.54, 1.807) is 12.1 Å². The highest BCUT2D eigenvalue weighted by atomic mass is 19.1. The SMILES string of the molecule is CC(C)(C)OC(=O)N[C@@H]1CCN([C@H](CN)c2ccc(F)cc2)C1. The minimum atomic E-state index is -0.504. The van der Waals surface area contributed by atoms with Gasteiger partial charge in [-0.05, 0) is 44.9 Å². The number of benzene rings is 1. The van der Waals surface area contributed by atoms with Crippen LogP contribution in [0.1, 0.15) is 38.8 Å². The molecule has 0 radical (unpaired) electrons. The van der Waals surface area contributed by atoms with Crippen LogP contribution in [-0.4, -0.2) is 42.3 Å². The van der Waals surface area contributed by atoms with Gasteiger partial charge in [0.25, 0.3) is 0 Å². The van der Waals surface area contributed by atoms with E-state index < -0.39 is 11.7 Å². The van der Waals surface area contributed by atoms with Gasteiger partial charge in [0.1, 0.15) is 11.4 Å². The first-order valence-corrected chi connectivity index (χ1v) is 7.97. The minimum absolute atomic E-state index is 0.0287. The van der Waals surface area contributed by atoms with Crippen LogP contribution in [0.15, 0.2) is 24.3 Å². The number of carbonyl (C=O) groups is 1. The van der Waals surface area contributed by atoms with Gasteiger partial charge < -0.3 is 15.8 Å². The molecule has 0 unspecified atom stereocenters. The maximum Gasteiger partial charge on any atom is 0.407 e. The van der Waals surface area contributed by atoms with Gasteiger partial charge in [0.15, 0.2) is 0 Å². The molecule has 23 heavy (non-hydrogen) atoms. The minimum Gasteiger partial charge on any atom is -0.444 e. The van der Waals surface area contributed by atoms with Gasteiger partial charge in [-0.1, -0.05) is 12.1 Å². The molecule has 0 spiro atoms. The molecule has 1 fully saturated rings. The summed E-state index contributed by atoms with van der Waals surface area (Å²) in [6.45, 7) is 7.51. The van der Waals surface area contributed by atoms with Gasteiger partial charge in [-0.15, -0.1) is 0 Å². The monoisotopic (exact) mass is 323 g/mol. The maximum atomic E-state index is 13.1. The molecule has 1 saturated heterocycles. The summed E-state index contributed by atoms with van der Waals surface area (Å²) in [6.07, 6.45) is 0.451. The predicted molar refractivity (Wildman–Crippen MR) is 87.5 cm³/mol. The molecule has 0 aromatic heterocycles. The van der Waals surface area contributed by atoms with Crippen LogP contribution < -0.4 is 11.1 Å². The molecule has 1 aliphatic heterocycles. The Hall–Kier alpha value is -1.66. The van der Waals surface area contributed by atoms with Crippen LogP contribution in [0.25, 0.3) is 0 Å². The van der Waals surface area contributed by atoms with E-state index in [1.807, 2.05) is 20.8 Å². The second-order valence-corrected chi connectivity index (χ2v) is 6.93. The molecular weight excluding hydrogens is 297 g/mol. The number of alkyl carbamates (subject to hydrolysis) is 1. The number of nitrogens with one attached hydrogen (secondary N) is 1. The number of ether oxygens (including phenoxy) is 1. The number of nitrogens with two attached hydrogens (primary N) is 1. The van der Waals surface area contributed by atoms with E-state index >= 15 is 0 Å². The zero-order valence-corrected chi connectivity index (χ0v) is 14.0. The molecule has 6 heteroatoms. The summed E-state index contributed by atoms with van der Waals surface area (Å²) in [6, 6.07) is 6.50. The third kappa shape index (κ3) is 5.18. The van der Waals surface area contributed by atoms with Gasteiger partial charge in [0, 0.05) is 31.7 Å². The number of amides is 1. The Balaban J connectivity index is 1.93. The second kappa shape index (κ2) is 7.27. The molecule has 0 aliphatic carbocycles. The van der Waals surface area contributed by atoms with Crippen LogP contribution in [0.3, 0.4) is 0 Å². The van der Waals surface area contributed by atoms with Crippen molar-refractivity contribution in [2.45, 2.75) is 44.9 Å². The van der Waals surface area contributed by atoms with Crippen molar-refractivity contribution < 1.29 is 13.9 Å². The molecule has 1 aromatic rings. The van der Waals surface area contributed by atoms with Crippen molar-refractivity contribution in [2.24, 2.45) is 5.73 Å². The van der Waals surface area contributed by atoms with E-state index in [-0.39, 0.29) is 17.9 Å². The summed E-state index contributed by atoms with van der Waals surface area (Å²) in [4.78, 5) is 14.1. The molecule has 1 amide bonds. The van der Waals surface area contributed by atoms with Gasteiger partial charge in [-0.2, -0.15) is 0 Å². The Morgan fingerprint density at radius 1 is 1.43 bits per heavy atom. The number of rotatable bonds is 4. The smallest absolute Gasteiger partial charge is 0.407 e. The number of carbonyl (C=O) groups excluding carboxylic acids is 1. The number of halogens is 1. The van der Waals surface area contributed by atoms with Gasteiger partial charge >= 0.3 is 6.09 Å². The lowest BCUT2D eigenvalue weighted by molar-refractivity contribution is 0.0504. The summed E-state index contributed by atoms with van der Waals surface area (Å²) in [5.74, 6) is -0.254. The Bertz CT molecular complexity index is 528. The molecule has 2 rings (SSSR count). The summed E-state index contributed by atoms with van der Waals surface area (Å²) in [5, 5.41) is 2.90. The normalized spacial score (nSPS) is 20.3. The van der Waals surface area contributed by atoms with Crippen LogP contribution in [0.4, 0.5) is 9.18 Å². The quantitative estimate of drug-likeness (QED) is 0.893. The highest BCUT2D eigenvalue weighted by molar-refractivity contribution is 5.68. The van der Waals surface area contributed by atoms with Crippen molar-refractivity contribution in [1.29, 1.82) is 0 Å². The van der Waals surface area contributed by atoms with Gasteiger partial charge in [-0.25, -0.2) is 9.18 Å². The fourth-order valence-corrected chi connectivity index (χ4v) is 2.84. The zero-order valence-electron chi connectivity index (χ0n) is 14.0. The largest absolute Gasteiger partial charge is 0.444 e. The van der Waals surface area contributed by atoms with Gasteiger partial charge in [0.05, 0.1) is 0 Å². The maximum absolute atomic E-state index is 13.1. The van der Waals surface area contributed by atoms with E-state index in [0.717, 1.165) is 18.5 Å². The van der Waals surface area contributed by atoms with E-state index in [4.69, 9.17) is 10.5 Å². The summed E-state index contributed by atoms with van der Waals surface area (Å²) in [5.41, 5.74) is 6.39. The number of nitrogens with zero attached hydrogens (tertiary/aromatic N) is 1. The highest BCUT2D eigenvalue weighted by Gasteiger charge is 2.30. The van der Waals surface area contributed by atoms with Gasteiger partial charge in [-0.3, -0.25) is 4.90 Å². The van der Waals surface area contributed by atoms with Crippen molar-refractivity contribution in [3.05, 3.63) is 35.6 Å². The lowest BCUT2D eigenvalue weighted by Gasteiger charge is -2.27. The molecule has 0 saturated carbocycles. The third-order valence-corrected chi connectivity index (χ3v) is 3.86. The number of hydrogen-bond acceptors (Lipinski definition) is 4. The molecule has 128 valence electrons. The van der Waals surface area contributed by atoms with Crippen LogP contribution >= 0.6 is 0 Å². The predicted octanol–water partition coefficient (Wildman–Crippen LogP) is 2.42. The number of likely N-dealkylation sites (tertiary alicyclic amines) is 1. The molecule has 1 aliphatic rings. The Labute approximate surface area is 137 Å². The second-order valence-electron chi connectivity index (χ2n) is 6.93. The third-order valence-electron chi connectivity index (χ3n) is 3.86. The molecule has 3 N–H and O–H groups in total. The van der Waals surface area contributed by atoms with Crippen molar-refractivity contribution in [3.8, 4) is 0 Å². The van der Waals surface area contributed by atoms with E-state index in [1.165, 1.54) is 12.1 Å². The van der Waals surface area contributed by atoms with Gasteiger partial charge in [0.2, 0.25) is 0 Å². The average Bonchev–Trinajstić information content (AvgIpc) is 2.87. The zero-order chi connectivity index (χ0) is 17.0. The molecule has 5 nitrogen and oxygen atoms in total. The van der Waals surface area contributed by atoms with Crippen LogP contribution in [0.2, 0.25) is 0 Å². The molecular formula is C17H26FN3O2. The standard InChI is InChI=1S/C17H26FN3O2/c1-17(2,3)23-16(22)20-14-8-9-21(11-14)15(10-19)12-4-6-13(18)7-5-12/h4-7,14-15H,8-11,19H2,1-3H3,(H,20,22)/t14-,15-/m1/s1. The fourth-order valence-electron chi connectivity index (χ4n) is 2.84. The summed E-state index contributed by atoms with van der Waals surface area (Å²) < 4.78 is 18.4. The lowest BCUT2D eigenvalue weighted by Crippen LogP contribution is -2.41. The Morgan fingerprint density at radius 3 is 2.65 bits per heavy atom. The van der Waals surface area contributed by atoms with Crippen LogP contribution in [0, 0.1) is 5.82 Å². The summed E-state index contributed by atoms with van der Waals surface area (Å²) in [7, 11) is 0. The first kappa shape index (κ1) is 17.7. The first-order chi connectivity index (χ1) is 10.8. The topological polar surface area (TPSA) is 67.6 Å². The van der Waals surface area contributed by atoms with Crippen molar-refractivity contribution in [3.63, 3.8) is 0 Å². The molecule has 1 heterocycles. The average molecular weight is 323 g/mol. The van der Waals surface area contributed by atoms with E-state index in [9.17, 15) is 9.18 Å². The highest BCUT2D eigenvalue weighted by Crippen LogP contribution is 2.24. The number of hydrogen-bond donors (Lipinski definition) is 2. The lowest BCUT2D eigenvalue weighted by atomic mass is 10.1. The van der Waals surface area contributed by atoms with E-state index in [0.29, 0.717) is 13.1 Å². The Morgan fingerprint density at radius 2 is 2.09 bits per heavy atom. The molecule has 1 aromatic carbocycles. The Kier molecular flexibility index (Phi) is 5.59. The van der Waals surface area contributed by atoms with Crippen molar-refractivity contribution in [2.75, 3.05) is 19.6 Å². The fraction of sp³-hybridized carbons (Fsp3) is 0.588. The van der Waals surface area contributed by atoms with E-state index in [2.05, 4.69) is 10.2 Å². The molecule has 2 atom stereocenters.